The molecule has 2 aromatic rings. The molecule has 2 N–H and O–H groups in total. The van der Waals surface area contributed by atoms with Crippen molar-refractivity contribution in [2.45, 2.75) is 19.7 Å². The van der Waals surface area contributed by atoms with E-state index >= 15 is 0 Å². The lowest BCUT2D eigenvalue weighted by Gasteiger charge is -2.09. The van der Waals surface area contributed by atoms with Crippen molar-refractivity contribution in [3.63, 3.8) is 0 Å². The number of anilines is 1. The second-order valence-electron chi connectivity index (χ2n) is 4.21. The number of aliphatic hydroxyl groups is 1. The van der Waals surface area contributed by atoms with Crippen LogP contribution in [0.1, 0.15) is 5.56 Å². The number of alkyl halides is 2. The van der Waals surface area contributed by atoms with Gasteiger partial charge in [0.1, 0.15) is 5.75 Å². The average Bonchev–Trinajstić information content (AvgIpc) is 2.87. The van der Waals surface area contributed by atoms with Gasteiger partial charge < -0.3 is 15.2 Å². The molecule has 0 aliphatic carbocycles. The molecule has 0 atom stereocenters. The predicted molar refractivity (Wildman–Crippen MR) is 74.7 cm³/mol. The van der Waals surface area contributed by atoms with E-state index in [9.17, 15) is 8.78 Å². The van der Waals surface area contributed by atoms with Crippen LogP contribution in [0.2, 0.25) is 5.02 Å². The van der Waals surface area contributed by atoms with Gasteiger partial charge in [-0.2, -0.15) is 13.9 Å². The maximum Gasteiger partial charge on any atom is 0.387 e. The second kappa shape index (κ2) is 7.24. The van der Waals surface area contributed by atoms with Crippen molar-refractivity contribution in [3.8, 4) is 5.75 Å². The first-order valence-corrected chi connectivity index (χ1v) is 6.56. The SMILES string of the molecule is OCCn1cc(NCc2ccc(OC(F)F)c(Cl)c2)cn1. The zero-order chi connectivity index (χ0) is 15.2. The molecule has 0 fully saturated rings. The Morgan fingerprint density at radius 3 is 2.90 bits per heavy atom. The molecule has 0 unspecified atom stereocenters. The first-order chi connectivity index (χ1) is 10.1. The Morgan fingerprint density at radius 1 is 1.43 bits per heavy atom. The van der Waals surface area contributed by atoms with Crippen LogP contribution in [-0.4, -0.2) is 28.1 Å². The average molecular weight is 318 g/mol. The number of aliphatic hydroxyl groups excluding tert-OH is 1. The molecule has 0 aliphatic heterocycles. The van der Waals surface area contributed by atoms with Crippen LogP contribution in [0.3, 0.4) is 0 Å². The van der Waals surface area contributed by atoms with Gasteiger partial charge in [0.05, 0.1) is 30.1 Å². The molecule has 8 heteroatoms. The summed E-state index contributed by atoms with van der Waals surface area (Å²) in [6.07, 6.45) is 3.39. The molecule has 0 amide bonds. The fourth-order valence-corrected chi connectivity index (χ4v) is 1.98. The molecule has 1 aromatic carbocycles. The predicted octanol–water partition coefficient (Wildman–Crippen LogP) is 2.74. The molecule has 1 aromatic heterocycles. The number of nitrogens with one attached hydrogen (secondary N) is 1. The summed E-state index contributed by atoms with van der Waals surface area (Å²) >= 11 is 5.87. The normalized spacial score (nSPS) is 10.9. The molecule has 5 nitrogen and oxygen atoms in total. The van der Waals surface area contributed by atoms with Crippen LogP contribution in [0, 0.1) is 0 Å². The highest BCUT2D eigenvalue weighted by atomic mass is 35.5. The lowest BCUT2D eigenvalue weighted by Crippen LogP contribution is -2.04. The Kier molecular flexibility index (Phi) is 5.35. The van der Waals surface area contributed by atoms with Crippen molar-refractivity contribution in [1.29, 1.82) is 0 Å². The molecule has 0 saturated carbocycles. The van der Waals surface area contributed by atoms with Gasteiger partial charge in [-0.3, -0.25) is 4.68 Å². The van der Waals surface area contributed by atoms with Gasteiger partial charge in [-0.15, -0.1) is 0 Å². The van der Waals surface area contributed by atoms with Gasteiger partial charge in [0.15, 0.2) is 0 Å². The first-order valence-electron chi connectivity index (χ1n) is 6.19. The van der Waals surface area contributed by atoms with Crippen LogP contribution in [0.25, 0.3) is 0 Å². The highest BCUT2D eigenvalue weighted by molar-refractivity contribution is 6.32. The monoisotopic (exact) mass is 317 g/mol. The van der Waals surface area contributed by atoms with Gasteiger partial charge in [0.2, 0.25) is 0 Å². The Hall–Kier alpha value is -1.86. The Morgan fingerprint density at radius 2 is 2.24 bits per heavy atom. The summed E-state index contributed by atoms with van der Waals surface area (Å²) in [6.45, 7) is -2.00. The first kappa shape index (κ1) is 15.5. The van der Waals surface area contributed by atoms with Crippen molar-refractivity contribution in [1.82, 2.24) is 9.78 Å². The van der Waals surface area contributed by atoms with Crippen LogP contribution >= 0.6 is 11.6 Å². The third-order valence-corrected chi connectivity index (χ3v) is 2.97. The molecule has 2 rings (SSSR count). The molecule has 114 valence electrons. The van der Waals surface area contributed by atoms with Crippen molar-refractivity contribution in [3.05, 3.63) is 41.2 Å². The molecule has 1 heterocycles. The van der Waals surface area contributed by atoms with E-state index in [-0.39, 0.29) is 17.4 Å². The third-order valence-electron chi connectivity index (χ3n) is 2.67. The summed E-state index contributed by atoms with van der Waals surface area (Å²) in [4.78, 5) is 0. The van der Waals surface area contributed by atoms with Gasteiger partial charge in [-0.25, -0.2) is 0 Å². The van der Waals surface area contributed by atoms with E-state index in [0.29, 0.717) is 13.1 Å². The maximum atomic E-state index is 12.1. The number of ether oxygens (including phenoxy) is 1. The highest BCUT2D eigenvalue weighted by Gasteiger charge is 2.09. The Labute approximate surface area is 125 Å². The standard InChI is InChI=1S/C13H14ClF2N3O2/c14-11-5-9(1-2-12(11)21-13(15)16)6-17-10-7-18-19(8-10)3-4-20/h1-2,5,7-8,13,17,20H,3-4,6H2. The number of benzene rings is 1. The van der Waals surface area contributed by atoms with E-state index in [1.165, 1.54) is 6.07 Å². The quantitative estimate of drug-likeness (QED) is 0.824. The van der Waals surface area contributed by atoms with Gasteiger partial charge in [0, 0.05) is 12.7 Å². The largest absolute Gasteiger partial charge is 0.433 e. The van der Waals surface area contributed by atoms with Crippen molar-refractivity contribution in [2.75, 3.05) is 11.9 Å². The molecule has 0 radical (unpaired) electrons. The molecule has 0 spiro atoms. The molecule has 0 saturated heterocycles. The van der Waals surface area contributed by atoms with Crippen LogP contribution in [0.15, 0.2) is 30.6 Å². The van der Waals surface area contributed by atoms with E-state index in [2.05, 4.69) is 15.2 Å². The minimum absolute atomic E-state index is 0.0162. The third kappa shape index (κ3) is 4.57. The van der Waals surface area contributed by atoms with Gasteiger partial charge in [0.25, 0.3) is 0 Å². The van der Waals surface area contributed by atoms with E-state index in [1.807, 2.05) is 0 Å². The second-order valence-corrected chi connectivity index (χ2v) is 4.62. The van der Waals surface area contributed by atoms with E-state index in [0.717, 1.165) is 11.3 Å². The zero-order valence-electron chi connectivity index (χ0n) is 11.0. The number of hydrogen-bond acceptors (Lipinski definition) is 4. The summed E-state index contributed by atoms with van der Waals surface area (Å²) in [6, 6.07) is 4.61. The highest BCUT2D eigenvalue weighted by Crippen LogP contribution is 2.27. The van der Waals surface area contributed by atoms with E-state index in [1.54, 1.807) is 29.2 Å². The van der Waals surface area contributed by atoms with Crippen LogP contribution < -0.4 is 10.1 Å². The summed E-state index contributed by atoms with van der Waals surface area (Å²) in [5, 5.41) is 16.1. The molecular formula is C13H14ClF2N3O2. The summed E-state index contributed by atoms with van der Waals surface area (Å²) in [5.74, 6) is -0.0498. The Balaban J connectivity index is 1.94. The van der Waals surface area contributed by atoms with Crippen molar-refractivity contribution < 1.29 is 18.6 Å². The minimum Gasteiger partial charge on any atom is -0.433 e. The fourth-order valence-electron chi connectivity index (χ4n) is 1.73. The Bertz CT molecular complexity index is 593. The lowest BCUT2D eigenvalue weighted by atomic mass is 10.2. The number of rotatable bonds is 7. The number of nitrogens with zero attached hydrogens (tertiary/aromatic N) is 2. The fraction of sp³-hybridized carbons (Fsp3) is 0.308. The lowest BCUT2D eigenvalue weighted by molar-refractivity contribution is -0.0497. The van der Waals surface area contributed by atoms with Gasteiger partial charge in [-0.1, -0.05) is 17.7 Å². The van der Waals surface area contributed by atoms with Crippen molar-refractivity contribution >= 4 is 17.3 Å². The molecule has 0 aliphatic rings. The van der Waals surface area contributed by atoms with Crippen LogP contribution in [-0.2, 0) is 13.1 Å². The maximum absolute atomic E-state index is 12.1. The molecular weight excluding hydrogens is 304 g/mol. The van der Waals surface area contributed by atoms with E-state index < -0.39 is 6.61 Å². The van der Waals surface area contributed by atoms with Gasteiger partial charge in [-0.05, 0) is 17.7 Å². The number of halogens is 3. The minimum atomic E-state index is -2.90. The molecule has 21 heavy (non-hydrogen) atoms. The number of hydrogen-bond donors (Lipinski definition) is 2. The van der Waals surface area contributed by atoms with Crippen molar-refractivity contribution in [2.24, 2.45) is 0 Å². The van der Waals surface area contributed by atoms with E-state index in [4.69, 9.17) is 16.7 Å². The zero-order valence-corrected chi connectivity index (χ0v) is 11.7. The van der Waals surface area contributed by atoms with Gasteiger partial charge >= 0.3 is 6.61 Å². The molecule has 0 bridgehead atoms. The smallest absolute Gasteiger partial charge is 0.387 e. The van der Waals surface area contributed by atoms with Crippen LogP contribution in [0.4, 0.5) is 14.5 Å². The summed E-state index contributed by atoms with van der Waals surface area (Å²) < 4.78 is 30.1. The van der Waals surface area contributed by atoms with Crippen LogP contribution in [0.5, 0.6) is 5.75 Å². The number of aromatic nitrogens is 2. The summed E-state index contributed by atoms with van der Waals surface area (Å²) in [5.41, 5.74) is 1.60. The topological polar surface area (TPSA) is 59.3 Å². The summed E-state index contributed by atoms with van der Waals surface area (Å²) in [7, 11) is 0.